The molecular weight excluding hydrogens is 288 g/mol. The highest BCUT2D eigenvalue weighted by atomic mass is 16.5. The minimum atomic E-state index is -1.23. The molecule has 1 rings (SSSR count). The lowest BCUT2D eigenvalue weighted by molar-refractivity contribution is -0.137. The number of carbonyl (C=O) groups excluding carboxylic acids is 2. The van der Waals surface area contributed by atoms with E-state index >= 15 is 0 Å². The van der Waals surface area contributed by atoms with Gasteiger partial charge in [-0.15, -0.1) is 0 Å². The molecule has 3 N–H and O–H groups in total. The van der Waals surface area contributed by atoms with Crippen molar-refractivity contribution < 1.29 is 24.2 Å². The Bertz CT molecular complexity index is 499. The van der Waals surface area contributed by atoms with Gasteiger partial charge in [0.15, 0.2) is 0 Å². The SMILES string of the molecule is CCOc1ccc(NC(=O)C(=O)NCC(C)(O)COC)cc1. The lowest BCUT2D eigenvalue weighted by Gasteiger charge is -2.22. The molecular formula is C15H22N2O5. The van der Waals surface area contributed by atoms with Crippen LogP contribution < -0.4 is 15.4 Å². The molecule has 0 aliphatic heterocycles. The molecule has 1 aromatic rings. The highest BCUT2D eigenvalue weighted by Crippen LogP contribution is 2.15. The van der Waals surface area contributed by atoms with Crippen molar-refractivity contribution in [3.63, 3.8) is 0 Å². The standard InChI is InChI=1S/C15H22N2O5/c1-4-22-12-7-5-11(6-8-12)17-14(19)13(18)16-9-15(2,20)10-21-3/h5-8,20H,4,9-10H2,1-3H3,(H,16,18)(H,17,19). The van der Waals surface area contributed by atoms with Gasteiger partial charge in [-0.1, -0.05) is 0 Å². The van der Waals surface area contributed by atoms with Crippen molar-refractivity contribution in [3.8, 4) is 5.75 Å². The van der Waals surface area contributed by atoms with Gasteiger partial charge in [-0.05, 0) is 38.1 Å². The lowest BCUT2D eigenvalue weighted by atomic mass is 10.1. The fraction of sp³-hybridized carbons (Fsp3) is 0.467. The fourth-order valence-corrected chi connectivity index (χ4v) is 1.70. The van der Waals surface area contributed by atoms with Crippen molar-refractivity contribution in [2.45, 2.75) is 19.4 Å². The van der Waals surface area contributed by atoms with Crippen LogP contribution in [0.25, 0.3) is 0 Å². The van der Waals surface area contributed by atoms with Gasteiger partial charge >= 0.3 is 11.8 Å². The van der Waals surface area contributed by atoms with Crippen LogP contribution in [0.4, 0.5) is 5.69 Å². The maximum atomic E-state index is 11.7. The molecule has 0 aliphatic carbocycles. The van der Waals surface area contributed by atoms with Crippen molar-refractivity contribution in [1.82, 2.24) is 5.32 Å². The molecule has 1 unspecified atom stereocenters. The first-order valence-corrected chi connectivity index (χ1v) is 6.91. The van der Waals surface area contributed by atoms with Crippen LogP contribution in [0.1, 0.15) is 13.8 Å². The average Bonchev–Trinajstić information content (AvgIpc) is 2.47. The smallest absolute Gasteiger partial charge is 0.313 e. The average molecular weight is 310 g/mol. The van der Waals surface area contributed by atoms with Crippen molar-refractivity contribution in [1.29, 1.82) is 0 Å². The third kappa shape index (κ3) is 6.11. The Morgan fingerprint density at radius 1 is 1.23 bits per heavy atom. The summed E-state index contributed by atoms with van der Waals surface area (Å²) in [6.45, 7) is 3.89. The van der Waals surface area contributed by atoms with Gasteiger partial charge < -0.3 is 25.2 Å². The van der Waals surface area contributed by atoms with Gasteiger partial charge in [0.2, 0.25) is 0 Å². The van der Waals surface area contributed by atoms with Crippen LogP contribution in [0.15, 0.2) is 24.3 Å². The second-order valence-electron chi connectivity index (χ2n) is 5.02. The minimum Gasteiger partial charge on any atom is -0.494 e. The second-order valence-corrected chi connectivity index (χ2v) is 5.02. The predicted octanol–water partition coefficient (Wildman–Crippen LogP) is 0.537. The molecule has 0 aromatic heterocycles. The maximum absolute atomic E-state index is 11.7. The van der Waals surface area contributed by atoms with Gasteiger partial charge in [0.25, 0.3) is 0 Å². The third-order valence-corrected chi connectivity index (χ3v) is 2.71. The summed E-state index contributed by atoms with van der Waals surface area (Å²) in [6.07, 6.45) is 0. The predicted molar refractivity (Wildman–Crippen MR) is 81.8 cm³/mol. The summed E-state index contributed by atoms with van der Waals surface area (Å²) in [5, 5.41) is 14.6. The van der Waals surface area contributed by atoms with Crippen molar-refractivity contribution in [3.05, 3.63) is 24.3 Å². The number of ether oxygens (including phenoxy) is 2. The maximum Gasteiger partial charge on any atom is 0.313 e. The van der Waals surface area contributed by atoms with Gasteiger partial charge in [0.05, 0.1) is 13.2 Å². The molecule has 0 saturated carbocycles. The van der Waals surface area contributed by atoms with Crippen molar-refractivity contribution >= 4 is 17.5 Å². The monoisotopic (exact) mass is 310 g/mol. The molecule has 1 aromatic carbocycles. The number of benzene rings is 1. The first kappa shape index (κ1) is 17.9. The van der Waals surface area contributed by atoms with Gasteiger partial charge in [-0.2, -0.15) is 0 Å². The van der Waals surface area contributed by atoms with Crippen molar-refractivity contribution in [2.75, 3.05) is 32.2 Å². The number of hydrogen-bond acceptors (Lipinski definition) is 5. The van der Waals surface area contributed by atoms with E-state index in [-0.39, 0.29) is 13.2 Å². The summed E-state index contributed by atoms with van der Waals surface area (Å²) >= 11 is 0. The van der Waals surface area contributed by atoms with E-state index in [1.54, 1.807) is 24.3 Å². The molecule has 0 aliphatic rings. The zero-order valence-electron chi connectivity index (χ0n) is 13.0. The molecule has 1 atom stereocenters. The number of aliphatic hydroxyl groups is 1. The number of nitrogens with one attached hydrogen (secondary N) is 2. The van der Waals surface area contributed by atoms with E-state index in [1.165, 1.54) is 14.0 Å². The molecule has 22 heavy (non-hydrogen) atoms. The van der Waals surface area contributed by atoms with Gasteiger partial charge in [0, 0.05) is 19.3 Å². The van der Waals surface area contributed by atoms with E-state index < -0.39 is 17.4 Å². The Labute approximate surface area is 129 Å². The molecule has 0 heterocycles. The van der Waals surface area contributed by atoms with E-state index in [1.807, 2.05) is 6.92 Å². The quantitative estimate of drug-likeness (QED) is 0.639. The number of methoxy groups -OCH3 is 1. The number of hydrogen-bond donors (Lipinski definition) is 3. The van der Waals surface area contributed by atoms with Crippen molar-refractivity contribution in [2.24, 2.45) is 0 Å². The second kappa shape index (κ2) is 8.35. The van der Waals surface area contributed by atoms with Crippen LogP contribution in [-0.2, 0) is 14.3 Å². The third-order valence-electron chi connectivity index (χ3n) is 2.71. The molecule has 0 radical (unpaired) electrons. The molecule has 0 bridgehead atoms. The number of anilines is 1. The molecule has 122 valence electrons. The van der Waals surface area contributed by atoms with Crippen LogP contribution in [0.2, 0.25) is 0 Å². The fourth-order valence-electron chi connectivity index (χ4n) is 1.70. The zero-order valence-corrected chi connectivity index (χ0v) is 13.0. The first-order valence-electron chi connectivity index (χ1n) is 6.91. The molecule has 7 nitrogen and oxygen atoms in total. The zero-order chi connectivity index (χ0) is 16.6. The van der Waals surface area contributed by atoms with Crippen LogP contribution in [0.3, 0.4) is 0 Å². The molecule has 0 spiro atoms. The van der Waals surface area contributed by atoms with Crippen LogP contribution in [-0.4, -0.2) is 49.4 Å². The van der Waals surface area contributed by atoms with E-state index in [4.69, 9.17) is 9.47 Å². The Balaban J connectivity index is 2.48. The summed E-state index contributed by atoms with van der Waals surface area (Å²) in [7, 11) is 1.44. The Hall–Kier alpha value is -2.12. The molecule has 2 amide bonds. The Kier molecular flexibility index (Phi) is 6.81. The largest absolute Gasteiger partial charge is 0.494 e. The van der Waals surface area contributed by atoms with E-state index in [2.05, 4.69) is 10.6 Å². The Morgan fingerprint density at radius 2 is 1.86 bits per heavy atom. The molecule has 0 saturated heterocycles. The van der Waals surface area contributed by atoms with Gasteiger partial charge in [-0.25, -0.2) is 0 Å². The van der Waals surface area contributed by atoms with E-state index in [0.717, 1.165) is 0 Å². The summed E-state index contributed by atoms with van der Waals surface area (Å²) in [4.78, 5) is 23.4. The molecule has 7 heteroatoms. The number of amides is 2. The normalized spacial score (nSPS) is 13.1. The highest BCUT2D eigenvalue weighted by Gasteiger charge is 2.23. The lowest BCUT2D eigenvalue weighted by Crippen LogP contribution is -2.46. The summed E-state index contributed by atoms with van der Waals surface area (Å²) in [5.41, 5.74) is -0.753. The first-order chi connectivity index (χ1) is 10.4. The van der Waals surface area contributed by atoms with Crippen LogP contribution in [0.5, 0.6) is 5.75 Å². The van der Waals surface area contributed by atoms with Crippen LogP contribution in [0, 0.1) is 0 Å². The summed E-state index contributed by atoms with van der Waals surface area (Å²) in [6, 6.07) is 6.66. The van der Waals surface area contributed by atoms with E-state index in [0.29, 0.717) is 18.0 Å². The number of carbonyl (C=O) groups is 2. The highest BCUT2D eigenvalue weighted by molar-refractivity contribution is 6.39. The number of rotatable bonds is 7. The Morgan fingerprint density at radius 3 is 2.41 bits per heavy atom. The van der Waals surface area contributed by atoms with Crippen LogP contribution >= 0.6 is 0 Å². The molecule has 0 fully saturated rings. The summed E-state index contributed by atoms with van der Waals surface area (Å²) < 4.78 is 10.1. The van der Waals surface area contributed by atoms with Gasteiger partial charge in [-0.3, -0.25) is 9.59 Å². The minimum absolute atomic E-state index is 0.0494. The van der Waals surface area contributed by atoms with Gasteiger partial charge in [0.1, 0.15) is 11.4 Å². The van der Waals surface area contributed by atoms with E-state index in [9.17, 15) is 14.7 Å². The summed E-state index contributed by atoms with van der Waals surface area (Å²) in [5.74, 6) is -0.955. The topological polar surface area (TPSA) is 96.9 Å².